The highest BCUT2D eigenvalue weighted by atomic mass is 32.2. The molecule has 2 aliphatic heterocycles. The van der Waals surface area contributed by atoms with Crippen molar-refractivity contribution in [1.29, 1.82) is 0 Å². The predicted octanol–water partition coefficient (Wildman–Crippen LogP) is 3.52. The van der Waals surface area contributed by atoms with E-state index < -0.39 is 9.84 Å². The lowest BCUT2D eigenvalue weighted by Gasteiger charge is -2.13. The molecule has 32 heavy (non-hydrogen) atoms. The molecule has 3 aromatic rings. The van der Waals surface area contributed by atoms with Gasteiger partial charge in [0, 0.05) is 24.3 Å². The maximum Gasteiger partial charge on any atom is 0.319 e. The highest BCUT2D eigenvalue weighted by molar-refractivity contribution is 7.90. The number of hydrogen-bond acceptors (Lipinski definition) is 5. The molecular weight excluding hydrogens is 426 g/mol. The quantitative estimate of drug-likeness (QED) is 0.554. The van der Waals surface area contributed by atoms with E-state index in [0.29, 0.717) is 12.3 Å². The van der Waals surface area contributed by atoms with Crippen LogP contribution in [-0.2, 0) is 28.7 Å². The minimum Gasteiger partial charge on any atom is -0.491 e. The van der Waals surface area contributed by atoms with E-state index in [1.54, 1.807) is 12.1 Å². The van der Waals surface area contributed by atoms with Crippen molar-refractivity contribution in [1.82, 2.24) is 10.6 Å². The summed E-state index contributed by atoms with van der Waals surface area (Å²) in [4.78, 5) is 12.6. The monoisotopic (exact) mass is 449 g/mol. The number of ether oxygens (including phenoxy) is 1. The topological polar surface area (TPSA) is 96.5 Å². The zero-order valence-electron chi connectivity index (χ0n) is 17.3. The van der Waals surface area contributed by atoms with Gasteiger partial charge in [0.25, 0.3) is 0 Å². The van der Waals surface area contributed by atoms with Crippen molar-refractivity contribution in [3.05, 3.63) is 89.0 Å². The van der Waals surface area contributed by atoms with E-state index in [1.165, 1.54) is 17.7 Å². The van der Waals surface area contributed by atoms with Gasteiger partial charge in [-0.1, -0.05) is 36.4 Å². The highest BCUT2D eigenvalue weighted by Crippen LogP contribution is 2.31. The van der Waals surface area contributed by atoms with Crippen LogP contribution in [0.1, 0.15) is 28.3 Å². The third-order valence-electron chi connectivity index (χ3n) is 5.73. The minimum absolute atomic E-state index is 0.0609. The van der Waals surface area contributed by atoms with Gasteiger partial charge in [-0.15, -0.1) is 0 Å². The van der Waals surface area contributed by atoms with Crippen molar-refractivity contribution in [2.45, 2.75) is 29.8 Å². The van der Waals surface area contributed by atoms with Crippen LogP contribution >= 0.6 is 0 Å². The summed E-state index contributed by atoms with van der Waals surface area (Å²) in [6.45, 7) is 1.97. The summed E-state index contributed by atoms with van der Waals surface area (Å²) in [5.41, 5.74) is 4.59. The van der Waals surface area contributed by atoms with Gasteiger partial charge in [0.15, 0.2) is 9.84 Å². The third-order valence-corrected chi connectivity index (χ3v) is 7.44. The molecule has 5 rings (SSSR count). The molecule has 164 valence electrons. The van der Waals surface area contributed by atoms with Crippen molar-refractivity contribution in [3.63, 3.8) is 0 Å². The second kappa shape index (κ2) is 8.29. The summed E-state index contributed by atoms with van der Waals surface area (Å²) < 4.78 is 31.3. The number of carbonyl (C=O) groups is 1. The lowest BCUT2D eigenvalue weighted by Crippen LogP contribution is -2.33. The molecule has 2 heterocycles. The van der Waals surface area contributed by atoms with Crippen LogP contribution in [0.4, 0.5) is 10.5 Å². The molecule has 8 heteroatoms. The molecule has 3 aromatic carbocycles. The van der Waals surface area contributed by atoms with Crippen LogP contribution in [0.5, 0.6) is 5.75 Å². The summed E-state index contributed by atoms with van der Waals surface area (Å²) >= 11 is 0. The summed E-state index contributed by atoms with van der Waals surface area (Å²) in [5, 5.41) is 8.89. The van der Waals surface area contributed by atoms with Gasteiger partial charge < -0.3 is 20.7 Å². The zero-order chi connectivity index (χ0) is 22.1. The summed E-state index contributed by atoms with van der Waals surface area (Å²) in [7, 11) is -3.49. The normalized spacial score (nSPS) is 16.7. The first-order valence-electron chi connectivity index (χ1n) is 10.4. The fraction of sp³-hybridized carbons (Fsp3) is 0.208. The van der Waals surface area contributed by atoms with Crippen molar-refractivity contribution in [2.75, 3.05) is 11.9 Å². The first-order valence-corrected chi connectivity index (χ1v) is 12.1. The molecule has 0 bridgehead atoms. The minimum atomic E-state index is -3.49. The number of hydrogen-bond donors (Lipinski definition) is 3. The lowest BCUT2D eigenvalue weighted by molar-refractivity contribution is 0.243. The fourth-order valence-corrected chi connectivity index (χ4v) is 5.43. The van der Waals surface area contributed by atoms with Crippen LogP contribution in [-0.4, -0.2) is 21.1 Å². The molecule has 0 radical (unpaired) electrons. The largest absolute Gasteiger partial charge is 0.491 e. The van der Waals surface area contributed by atoms with Crippen LogP contribution in [0, 0.1) is 0 Å². The van der Waals surface area contributed by atoms with Crippen molar-refractivity contribution in [3.8, 4) is 5.75 Å². The number of nitrogens with one attached hydrogen (secondary N) is 3. The van der Waals surface area contributed by atoms with E-state index in [4.69, 9.17) is 4.74 Å². The maximum atomic E-state index is 12.9. The number of rotatable bonds is 5. The Morgan fingerprint density at radius 2 is 1.78 bits per heavy atom. The Hall–Kier alpha value is -3.36. The molecular formula is C24H23N3O4S. The second-order valence-electron chi connectivity index (χ2n) is 7.99. The summed E-state index contributed by atoms with van der Waals surface area (Å²) in [6.07, 6.45) is 0. The van der Waals surface area contributed by atoms with E-state index >= 15 is 0 Å². The van der Waals surface area contributed by atoms with E-state index in [2.05, 4.69) is 16.0 Å². The standard InChI is InChI=1S/C24H23N3O4S/c28-24(27-22-14-31-23-4-2-1-3-21(22)23)26-19-7-9-20(10-8-19)32(29,30)15-16-5-6-17-12-25-13-18(17)11-16/h1-11,22,25H,12-15H2,(H2,26,27,28). The van der Waals surface area contributed by atoms with Crippen LogP contribution in [0.25, 0.3) is 0 Å². The molecule has 0 saturated carbocycles. The Balaban J connectivity index is 1.22. The molecule has 0 fully saturated rings. The van der Waals surface area contributed by atoms with Gasteiger partial charge in [0.2, 0.25) is 0 Å². The first kappa shape index (κ1) is 20.5. The summed E-state index contributed by atoms with van der Waals surface area (Å²) in [5.74, 6) is 0.709. The predicted molar refractivity (Wildman–Crippen MR) is 121 cm³/mol. The molecule has 7 nitrogen and oxygen atoms in total. The van der Waals surface area contributed by atoms with E-state index in [0.717, 1.165) is 35.5 Å². The zero-order valence-corrected chi connectivity index (χ0v) is 18.1. The smallest absolute Gasteiger partial charge is 0.319 e. The van der Waals surface area contributed by atoms with Crippen LogP contribution in [0.15, 0.2) is 71.6 Å². The number of carbonyl (C=O) groups excluding carboxylic acids is 1. The molecule has 1 atom stereocenters. The van der Waals surface area contributed by atoms with Gasteiger partial charge in [0.1, 0.15) is 12.4 Å². The van der Waals surface area contributed by atoms with Gasteiger partial charge in [-0.05, 0) is 47.0 Å². The number of anilines is 1. The number of amides is 2. The number of para-hydroxylation sites is 1. The van der Waals surface area contributed by atoms with Gasteiger partial charge in [0.05, 0.1) is 16.7 Å². The van der Waals surface area contributed by atoms with Crippen LogP contribution in [0.2, 0.25) is 0 Å². The van der Waals surface area contributed by atoms with Gasteiger partial charge in [-0.25, -0.2) is 13.2 Å². The van der Waals surface area contributed by atoms with Crippen LogP contribution in [0.3, 0.4) is 0 Å². The number of sulfone groups is 1. The first-order chi connectivity index (χ1) is 15.5. The van der Waals surface area contributed by atoms with Gasteiger partial charge in [-0.2, -0.15) is 0 Å². The van der Waals surface area contributed by atoms with Crippen molar-refractivity contribution in [2.24, 2.45) is 0 Å². The van der Waals surface area contributed by atoms with Gasteiger partial charge in [-0.3, -0.25) is 0 Å². The molecule has 0 saturated heterocycles. The summed E-state index contributed by atoms with van der Waals surface area (Å²) in [6, 6.07) is 19.0. The maximum absolute atomic E-state index is 12.9. The van der Waals surface area contributed by atoms with Crippen molar-refractivity contribution < 1.29 is 17.9 Å². The Morgan fingerprint density at radius 3 is 2.62 bits per heavy atom. The van der Waals surface area contributed by atoms with Crippen molar-refractivity contribution >= 4 is 21.6 Å². The Morgan fingerprint density at radius 1 is 1.00 bits per heavy atom. The van der Waals surface area contributed by atoms with Gasteiger partial charge >= 0.3 is 6.03 Å². The number of fused-ring (bicyclic) bond motifs is 2. The molecule has 0 aliphatic carbocycles. The average molecular weight is 450 g/mol. The molecule has 0 spiro atoms. The molecule has 3 N–H and O–H groups in total. The highest BCUT2D eigenvalue weighted by Gasteiger charge is 2.25. The van der Waals surface area contributed by atoms with Crippen LogP contribution < -0.4 is 20.7 Å². The van der Waals surface area contributed by atoms with E-state index in [-0.39, 0.29) is 22.7 Å². The molecule has 1 unspecified atom stereocenters. The Kier molecular flexibility index (Phi) is 5.32. The molecule has 0 aromatic heterocycles. The second-order valence-corrected chi connectivity index (χ2v) is 9.98. The van der Waals surface area contributed by atoms with E-state index in [9.17, 15) is 13.2 Å². The SMILES string of the molecule is O=C(Nc1ccc(S(=O)(=O)Cc2ccc3c(c2)CNC3)cc1)NC1COc2ccccc21. The lowest BCUT2D eigenvalue weighted by atomic mass is 10.1. The number of benzene rings is 3. The Bertz CT molecular complexity index is 1270. The fourth-order valence-electron chi connectivity index (χ4n) is 4.09. The molecule has 2 aliphatic rings. The Labute approximate surface area is 186 Å². The third kappa shape index (κ3) is 4.19. The van der Waals surface area contributed by atoms with E-state index in [1.807, 2.05) is 42.5 Å². The average Bonchev–Trinajstić information content (AvgIpc) is 3.41. The number of urea groups is 1. The molecule has 2 amide bonds.